The summed E-state index contributed by atoms with van der Waals surface area (Å²) >= 11 is 1.49. The van der Waals surface area contributed by atoms with E-state index in [9.17, 15) is 19.2 Å². The summed E-state index contributed by atoms with van der Waals surface area (Å²) in [5.74, 6) is -1.57. The number of aryl methyl sites for hydroxylation is 1. The molecule has 0 radical (unpaired) electrons. The molecule has 2 aromatic rings. The second-order valence-electron chi connectivity index (χ2n) is 11.0. The van der Waals surface area contributed by atoms with Crippen LogP contribution in [0.4, 0.5) is 4.79 Å². The highest BCUT2D eigenvalue weighted by Crippen LogP contribution is 2.12. The number of esters is 1. The summed E-state index contributed by atoms with van der Waals surface area (Å²) in [6, 6.07) is 6.40. The minimum Gasteiger partial charge on any atom is -0.467 e. The van der Waals surface area contributed by atoms with Gasteiger partial charge < -0.3 is 25.4 Å². The molecule has 0 aliphatic heterocycles. The Morgan fingerprint density at radius 1 is 0.925 bits per heavy atom. The number of carbonyl (C=O) groups is 4. The molecule has 10 nitrogen and oxygen atoms in total. The number of alkyl carbamates (subject to hydrolysis) is 1. The van der Waals surface area contributed by atoms with Gasteiger partial charge >= 0.3 is 12.1 Å². The van der Waals surface area contributed by atoms with Crippen molar-refractivity contribution in [2.75, 3.05) is 7.11 Å². The van der Waals surface area contributed by atoms with Crippen LogP contribution in [0.25, 0.3) is 0 Å². The molecule has 0 aliphatic rings. The van der Waals surface area contributed by atoms with E-state index in [0.717, 1.165) is 11.3 Å². The zero-order valence-corrected chi connectivity index (χ0v) is 25.3. The van der Waals surface area contributed by atoms with Gasteiger partial charge in [0.25, 0.3) is 0 Å². The fourth-order valence-electron chi connectivity index (χ4n) is 4.06. The van der Waals surface area contributed by atoms with E-state index in [0.29, 0.717) is 13.0 Å². The Hall–Kier alpha value is -3.47. The Labute approximate surface area is 240 Å². The van der Waals surface area contributed by atoms with Gasteiger partial charge in [-0.05, 0) is 45.6 Å². The molecule has 0 saturated carbocycles. The van der Waals surface area contributed by atoms with Crippen molar-refractivity contribution >= 4 is 35.2 Å². The van der Waals surface area contributed by atoms with E-state index in [4.69, 9.17) is 9.47 Å². The van der Waals surface area contributed by atoms with Gasteiger partial charge in [0, 0.05) is 6.42 Å². The normalized spacial score (nSPS) is 13.6. The average molecular weight is 576 g/mol. The topological polar surface area (TPSA) is 127 Å². The van der Waals surface area contributed by atoms with Crippen LogP contribution >= 0.6 is 11.3 Å². The first-order valence-corrected chi connectivity index (χ1v) is 14.4. The van der Waals surface area contributed by atoms with E-state index in [1.807, 2.05) is 66.6 Å². The maximum absolute atomic E-state index is 13.6. The lowest BCUT2D eigenvalue weighted by atomic mass is 10.0. The fraction of sp³-hybridized carbons (Fsp3) is 0.552. The molecule has 3 N–H and O–H groups in total. The number of methoxy groups -OCH3 is 1. The molecule has 3 amide bonds. The molecule has 0 spiro atoms. The van der Waals surface area contributed by atoms with Gasteiger partial charge in [0.1, 0.15) is 30.3 Å². The highest BCUT2D eigenvalue weighted by Gasteiger charge is 2.33. The molecule has 3 atom stereocenters. The molecule has 1 aromatic heterocycles. The molecule has 11 heteroatoms. The van der Waals surface area contributed by atoms with Crippen molar-refractivity contribution in [3.63, 3.8) is 0 Å². The number of thiazole rings is 1. The summed E-state index contributed by atoms with van der Waals surface area (Å²) in [6.07, 6.45) is 0.0321. The summed E-state index contributed by atoms with van der Waals surface area (Å²) in [5, 5.41) is 10.2. The Balaban J connectivity index is 2.26. The molecule has 0 fully saturated rings. The quantitative estimate of drug-likeness (QED) is 0.249. The molecular weight excluding hydrogens is 532 g/mol. The standard InChI is InChI=1S/C29H42N4O6S/c1-8-33-18-40-17-21(33)16-23(32-28(37)39-29(4,5)6)26(35)30-22(14-19(2)3)25(34)31-24(27(36)38-7)15-20-12-10-9-11-13-20/h9-13,17-19,22-24H,8,14-16H2,1-7H3,(H2-,30,31,32,34,35,37)/p+1/t22?,23-,24?/m0/s1. The van der Waals surface area contributed by atoms with E-state index < -0.39 is 47.6 Å². The van der Waals surface area contributed by atoms with Crippen LogP contribution in [0, 0.1) is 5.92 Å². The lowest BCUT2D eigenvalue weighted by Crippen LogP contribution is -2.57. The van der Waals surface area contributed by atoms with Gasteiger partial charge in [0.15, 0.2) is 5.69 Å². The first kappa shape index (κ1) is 32.7. The van der Waals surface area contributed by atoms with Gasteiger partial charge in [-0.3, -0.25) is 9.59 Å². The molecule has 1 aromatic carbocycles. The third-order valence-corrected chi connectivity index (χ3v) is 6.73. The van der Waals surface area contributed by atoms with Gasteiger partial charge in [-0.15, -0.1) is 0 Å². The Morgan fingerprint density at radius 2 is 1.55 bits per heavy atom. The van der Waals surface area contributed by atoms with E-state index in [-0.39, 0.29) is 18.8 Å². The number of carbonyl (C=O) groups excluding carboxylic acids is 4. The first-order valence-electron chi connectivity index (χ1n) is 13.5. The van der Waals surface area contributed by atoms with Gasteiger partial charge in [0.2, 0.25) is 17.3 Å². The molecule has 40 heavy (non-hydrogen) atoms. The van der Waals surface area contributed by atoms with Crippen LogP contribution in [0.5, 0.6) is 0 Å². The zero-order valence-electron chi connectivity index (χ0n) is 24.5. The summed E-state index contributed by atoms with van der Waals surface area (Å²) in [4.78, 5) is 52.2. The SMILES string of the molecule is CC[n+]1cscc1C[C@H](NC(=O)OC(C)(C)C)C(=O)NC(CC(C)C)C(=O)NC(Cc1ccccc1)C(=O)OC. The van der Waals surface area contributed by atoms with Gasteiger partial charge in [0.05, 0.1) is 18.9 Å². The molecule has 2 rings (SSSR count). The zero-order chi connectivity index (χ0) is 29.9. The monoisotopic (exact) mass is 575 g/mol. The van der Waals surface area contributed by atoms with Gasteiger partial charge in [-0.1, -0.05) is 55.5 Å². The van der Waals surface area contributed by atoms with Crippen LogP contribution in [-0.4, -0.2) is 54.7 Å². The predicted octanol–water partition coefficient (Wildman–Crippen LogP) is 2.92. The summed E-state index contributed by atoms with van der Waals surface area (Å²) in [7, 11) is 1.26. The Morgan fingerprint density at radius 3 is 2.12 bits per heavy atom. The molecule has 220 valence electrons. The molecule has 0 saturated heterocycles. The lowest BCUT2D eigenvalue weighted by Gasteiger charge is -2.26. The molecule has 0 aliphatic carbocycles. The van der Waals surface area contributed by atoms with Crippen LogP contribution < -0.4 is 20.5 Å². The fourth-order valence-corrected chi connectivity index (χ4v) is 4.94. The van der Waals surface area contributed by atoms with Crippen LogP contribution in [-0.2, 0) is 43.2 Å². The number of hydrogen-bond acceptors (Lipinski definition) is 7. The van der Waals surface area contributed by atoms with Crippen molar-refractivity contribution in [3.05, 3.63) is 52.5 Å². The number of rotatable bonds is 13. The Kier molecular flexibility index (Phi) is 12.6. The van der Waals surface area contributed by atoms with Crippen molar-refractivity contribution in [2.24, 2.45) is 5.92 Å². The number of amides is 3. The van der Waals surface area contributed by atoms with Crippen molar-refractivity contribution in [2.45, 2.75) is 91.1 Å². The number of benzene rings is 1. The third-order valence-electron chi connectivity index (χ3n) is 5.95. The number of ether oxygens (including phenoxy) is 2. The van der Waals surface area contributed by atoms with Crippen molar-refractivity contribution in [1.82, 2.24) is 16.0 Å². The maximum atomic E-state index is 13.6. The van der Waals surface area contributed by atoms with Gasteiger partial charge in [-0.2, -0.15) is 4.57 Å². The lowest BCUT2D eigenvalue weighted by molar-refractivity contribution is -0.696. The number of nitrogens with zero attached hydrogens (tertiary/aromatic N) is 1. The minimum absolute atomic E-state index is 0.0538. The Bertz CT molecular complexity index is 1130. The van der Waals surface area contributed by atoms with E-state index in [1.165, 1.54) is 18.4 Å². The maximum Gasteiger partial charge on any atom is 0.408 e. The van der Waals surface area contributed by atoms with E-state index in [1.54, 1.807) is 20.8 Å². The van der Waals surface area contributed by atoms with Crippen LogP contribution in [0.15, 0.2) is 41.2 Å². The molecule has 0 bridgehead atoms. The summed E-state index contributed by atoms with van der Waals surface area (Å²) in [5.41, 5.74) is 2.90. The van der Waals surface area contributed by atoms with Crippen molar-refractivity contribution < 1.29 is 33.2 Å². The van der Waals surface area contributed by atoms with Gasteiger partial charge in [-0.25, -0.2) is 9.59 Å². The summed E-state index contributed by atoms with van der Waals surface area (Å²) < 4.78 is 12.3. The third kappa shape index (κ3) is 11.0. The van der Waals surface area contributed by atoms with E-state index >= 15 is 0 Å². The predicted molar refractivity (Wildman–Crippen MR) is 153 cm³/mol. The smallest absolute Gasteiger partial charge is 0.408 e. The molecule has 1 heterocycles. The first-order chi connectivity index (χ1) is 18.8. The molecule has 2 unspecified atom stereocenters. The van der Waals surface area contributed by atoms with Crippen molar-refractivity contribution in [1.29, 1.82) is 0 Å². The largest absolute Gasteiger partial charge is 0.467 e. The van der Waals surface area contributed by atoms with Crippen LogP contribution in [0.2, 0.25) is 0 Å². The van der Waals surface area contributed by atoms with Crippen LogP contribution in [0.3, 0.4) is 0 Å². The second kappa shape index (κ2) is 15.4. The highest BCUT2D eigenvalue weighted by molar-refractivity contribution is 7.07. The number of hydrogen-bond donors (Lipinski definition) is 3. The number of aromatic nitrogens is 1. The average Bonchev–Trinajstić information content (AvgIpc) is 3.33. The second-order valence-corrected chi connectivity index (χ2v) is 11.7. The number of nitrogens with one attached hydrogen (secondary N) is 3. The van der Waals surface area contributed by atoms with Crippen LogP contribution in [0.1, 0.15) is 59.2 Å². The highest BCUT2D eigenvalue weighted by atomic mass is 32.1. The van der Waals surface area contributed by atoms with Crippen molar-refractivity contribution in [3.8, 4) is 0 Å². The molecular formula is C29H43N4O6S+. The summed E-state index contributed by atoms with van der Waals surface area (Å²) in [6.45, 7) is 11.8. The van der Waals surface area contributed by atoms with E-state index in [2.05, 4.69) is 16.0 Å². The minimum atomic E-state index is -0.995.